The highest BCUT2D eigenvalue weighted by Crippen LogP contribution is 2.31. The SMILES string of the molecule is Cn1c(C(F)(F)F)nn(C2CCN(S(=O)(=O)C3CCCCC3)CC2)c1=O. The quantitative estimate of drug-likeness (QED) is 0.782. The third kappa shape index (κ3) is 3.55. The number of alkyl halides is 3. The van der Waals surface area contributed by atoms with Crippen LogP contribution in [0.4, 0.5) is 13.2 Å². The van der Waals surface area contributed by atoms with Crippen LogP contribution in [0.5, 0.6) is 0 Å². The molecule has 2 aliphatic rings. The normalized spacial score (nSPS) is 22.0. The van der Waals surface area contributed by atoms with Crippen molar-refractivity contribution in [3.8, 4) is 0 Å². The molecule has 0 N–H and O–H groups in total. The number of aromatic nitrogens is 3. The van der Waals surface area contributed by atoms with Gasteiger partial charge in [-0.1, -0.05) is 19.3 Å². The zero-order valence-electron chi connectivity index (χ0n) is 14.6. The van der Waals surface area contributed by atoms with Crippen LogP contribution in [0.3, 0.4) is 0 Å². The van der Waals surface area contributed by atoms with E-state index in [1.165, 1.54) is 4.31 Å². The number of halogens is 3. The third-order valence-corrected chi connectivity index (χ3v) is 7.76. The highest BCUT2D eigenvalue weighted by molar-refractivity contribution is 7.89. The molecule has 11 heteroatoms. The highest BCUT2D eigenvalue weighted by Gasteiger charge is 2.40. The Labute approximate surface area is 149 Å². The van der Waals surface area contributed by atoms with Crippen molar-refractivity contribution < 1.29 is 21.6 Å². The van der Waals surface area contributed by atoms with E-state index in [2.05, 4.69) is 5.10 Å². The van der Waals surface area contributed by atoms with Crippen molar-refractivity contribution in [3.05, 3.63) is 16.3 Å². The molecule has 26 heavy (non-hydrogen) atoms. The first kappa shape index (κ1) is 19.4. The van der Waals surface area contributed by atoms with Crippen molar-refractivity contribution in [2.45, 2.75) is 62.4 Å². The van der Waals surface area contributed by atoms with Gasteiger partial charge in [0.05, 0.1) is 11.3 Å². The third-order valence-electron chi connectivity index (χ3n) is 5.36. The second-order valence-corrected chi connectivity index (χ2v) is 9.26. The van der Waals surface area contributed by atoms with Crippen LogP contribution >= 0.6 is 0 Å². The predicted molar refractivity (Wildman–Crippen MR) is 88.1 cm³/mol. The van der Waals surface area contributed by atoms with Gasteiger partial charge >= 0.3 is 11.9 Å². The Bertz CT molecular complexity index is 801. The Morgan fingerprint density at radius 1 is 1.04 bits per heavy atom. The van der Waals surface area contributed by atoms with Gasteiger partial charge in [0, 0.05) is 20.1 Å². The van der Waals surface area contributed by atoms with E-state index < -0.39 is 33.8 Å². The van der Waals surface area contributed by atoms with Crippen molar-refractivity contribution >= 4 is 10.0 Å². The molecule has 2 heterocycles. The summed E-state index contributed by atoms with van der Waals surface area (Å²) in [5.74, 6) is -1.24. The summed E-state index contributed by atoms with van der Waals surface area (Å²) in [5, 5.41) is 3.10. The maximum absolute atomic E-state index is 12.9. The predicted octanol–water partition coefficient (Wildman–Crippen LogP) is 1.90. The second-order valence-electron chi connectivity index (χ2n) is 7.04. The van der Waals surface area contributed by atoms with Gasteiger partial charge in [0.25, 0.3) is 0 Å². The molecule has 1 aliphatic heterocycles. The Kier molecular flexibility index (Phi) is 5.22. The lowest BCUT2D eigenvalue weighted by atomic mass is 10.0. The minimum absolute atomic E-state index is 0.202. The second kappa shape index (κ2) is 6.99. The minimum Gasteiger partial charge on any atom is -0.274 e. The Balaban J connectivity index is 1.72. The molecule has 1 aromatic rings. The zero-order chi connectivity index (χ0) is 19.1. The van der Waals surface area contributed by atoms with E-state index in [4.69, 9.17) is 0 Å². The van der Waals surface area contributed by atoms with E-state index in [-0.39, 0.29) is 31.2 Å². The van der Waals surface area contributed by atoms with Crippen molar-refractivity contribution in [3.63, 3.8) is 0 Å². The van der Waals surface area contributed by atoms with E-state index in [9.17, 15) is 26.4 Å². The fraction of sp³-hybridized carbons (Fsp3) is 0.867. The summed E-state index contributed by atoms with van der Waals surface area (Å²) in [6.45, 7) is 0.404. The molecule has 1 aliphatic carbocycles. The highest BCUT2D eigenvalue weighted by atomic mass is 32.2. The van der Waals surface area contributed by atoms with Crippen LogP contribution in [0, 0.1) is 0 Å². The summed E-state index contributed by atoms with van der Waals surface area (Å²) < 4.78 is 67.0. The van der Waals surface area contributed by atoms with Crippen LogP contribution in [-0.4, -0.2) is 45.4 Å². The summed E-state index contributed by atoms with van der Waals surface area (Å²) in [4.78, 5) is 12.1. The summed E-state index contributed by atoms with van der Waals surface area (Å²) in [6, 6.07) is -0.525. The molecule has 3 rings (SSSR count). The monoisotopic (exact) mass is 396 g/mol. The minimum atomic E-state index is -4.70. The first-order valence-corrected chi connectivity index (χ1v) is 10.3. The van der Waals surface area contributed by atoms with Crippen LogP contribution in [0.2, 0.25) is 0 Å². The van der Waals surface area contributed by atoms with E-state index in [0.717, 1.165) is 31.0 Å². The van der Waals surface area contributed by atoms with E-state index in [0.29, 0.717) is 17.4 Å². The molecule has 0 radical (unpaired) electrons. The van der Waals surface area contributed by atoms with Gasteiger partial charge in [-0.25, -0.2) is 22.2 Å². The van der Waals surface area contributed by atoms with Crippen LogP contribution in [0.1, 0.15) is 56.8 Å². The zero-order valence-corrected chi connectivity index (χ0v) is 15.4. The molecular weight excluding hydrogens is 373 g/mol. The van der Waals surface area contributed by atoms with Crippen LogP contribution in [0.25, 0.3) is 0 Å². The molecule has 7 nitrogen and oxygen atoms in total. The van der Waals surface area contributed by atoms with Gasteiger partial charge in [0.1, 0.15) is 0 Å². The van der Waals surface area contributed by atoms with Crippen LogP contribution in [-0.2, 0) is 23.2 Å². The number of nitrogens with zero attached hydrogens (tertiary/aromatic N) is 4. The number of piperidine rings is 1. The topological polar surface area (TPSA) is 77.2 Å². The van der Waals surface area contributed by atoms with Crippen LogP contribution < -0.4 is 5.69 Å². The number of hydrogen-bond donors (Lipinski definition) is 0. The van der Waals surface area contributed by atoms with Gasteiger partial charge in [-0.05, 0) is 25.7 Å². The molecule has 0 aromatic carbocycles. The molecule has 0 spiro atoms. The smallest absolute Gasteiger partial charge is 0.274 e. The molecule has 1 saturated heterocycles. The van der Waals surface area contributed by atoms with Gasteiger partial charge in [0.15, 0.2) is 0 Å². The molecule has 0 amide bonds. The molecular formula is C15H23F3N4O3S. The molecule has 0 unspecified atom stereocenters. The standard InChI is InChI=1S/C15H23F3N4O3S/c1-20-13(15(16,17)18)19-22(14(20)23)11-7-9-21(10-8-11)26(24,25)12-5-3-2-4-6-12/h11-12H,2-10H2,1H3. The number of sulfonamides is 1. The first-order valence-electron chi connectivity index (χ1n) is 8.84. The van der Waals surface area contributed by atoms with Gasteiger partial charge in [-0.15, -0.1) is 5.10 Å². The van der Waals surface area contributed by atoms with Crippen molar-refractivity contribution in [2.75, 3.05) is 13.1 Å². The van der Waals surface area contributed by atoms with E-state index in [1.54, 1.807) is 0 Å². The average Bonchev–Trinajstić information content (AvgIpc) is 2.91. The molecule has 2 fully saturated rings. The average molecular weight is 396 g/mol. The molecule has 148 valence electrons. The maximum Gasteiger partial charge on any atom is 0.451 e. The van der Waals surface area contributed by atoms with Gasteiger partial charge in [-0.2, -0.15) is 13.2 Å². The van der Waals surface area contributed by atoms with Gasteiger partial charge < -0.3 is 0 Å². The lowest BCUT2D eigenvalue weighted by Gasteiger charge is -2.34. The Hall–Kier alpha value is -1.36. The van der Waals surface area contributed by atoms with Gasteiger partial charge in [-0.3, -0.25) is 4.57 Å². The van der Waals surface area contributed by atoms with Crippen molar-refractivity contribution in [1.82, 2.24) is 18.7 Å². The number of hydrogen-bond acceptors (Lipinski definition) is 4. The summed E-state index contributed by atoms with van der Waals surface area (Å²) in [7, 11) is -2.35. The maximum atomic E-state index is 12.9. The summed E-state index contributed by atoms with van der Waals surface area (Å²) in [6.07, 6.45) is 0.0460. The Morgan fingerprint density at radius 2 is 1.62 bits per heavy atom. The van der Waals surface area contributed by atoms with E-state index in [1.807, 2.05) is 0 Å². The first-order chi connectivity index (χ1) is 12.1. The summed E-state index contributed by atoms with van der Waals surface area (Å²) in [5.41, 5.74) is -0.828. The molecule has 0 bridgehead atoms. The fourth-order valence-electron chi connectivity index (χ4n) is 3.86. The lowest BCUT2D eigenvalue weighted by molar-refractivity contribution is -0.147. The van der Waals surface area contributed by atoms with Crippen molar-refractivity contribution in [2.24, 2.45) is 7.05 Å². The number of rotatable bonds is 3. The summed E-state index contributed by atoms with van der Waals surface area (Å²) >= 11 is 0. The molecule has 1 aromatic heterocycles. The largest absolute Gasteiger partial charge is 0.451 e. The lowest BCUT2D eigenvalue weighted by Crippen LogP contribution is -2.45. The fourth-order valence-corrected chi connectivity index (χ4v) is 5.93. The van der Waals surface area contributed by atoms with Crippen LogP contribution in [0.15, 0.2) is 4.79 Å². The molecule has 0 atom stereocenters. The van der Waals surface area contributed by atoms with E-state index >= 15 is 0 Å². The van der Waals surface area contributed by atoms with Crippen molar-refractivity contribution in [1.29, 1.82) is 0 Å². The molecule has 1 saturated carbocycles. The van der Waals surface area contributed by atoms with Gasteiger partial charge in [0.2, 0.25) is 15.8 Å². The Morgan fingerprint density at radius 3 is 2.12 bits per heavy atom.